The van der Waals surface area contributed by atoms with Crippen molar-refractivity contribution in [2.75, 3.05) is 26.4 Å². The Morgan fingerprint density at radius 3 is 2.06 bits per heavy atom. The van der Waals surface area contributed by atoms with Crippen molar-refractivity contribution in [3.05, 3.63) is 0 Å². The van der Waals surface area contributed by atoms with Gasteiger partial charge >= 0.3 is 0 Å². The van der Waals surface area contributed by atoms with Crippen LogP contribution in [0.1, 0.15) is 13.8 Å². The summed E-state index contributed by atoms with van der Waals surface area (Å²) in [4.78, 5) is 10.8. The maximum atomic E-state index is 10.8. The van der Waals surface area contributed by atoms with Crippen LogP contribution in [0, 0.1) is 17.8 Å². The number of carbonyl (C=O) groups is 1. The highest BCUT2D eigenvalue weighted by Gasteiger charge is 2.41. The quantitative estimate of drug-likeness (QED) is 0.655. The maximum Gasteiger partial charge on any atom is 0.288 e. The van der Waals surface area contributed by atoms with Crippen LogP contribution < -0.4 is 0 Å². The van der Waals surface area contributed by atoms with E-state index in [4.69, 9.17) is 13.9 Å². The van der Waals surface area contributed by atoms with E-state index in [-0.39, 0.29) is 5.97 Å². The van der Waals surface area contributed by atoms with Crippen molar-refractivity contribution < 1.29 is 18.7 Å². The van der Waals surface area contributed by atoms with Gasteiger partial charge in [0.25, 0.3) is 5.97 Å². The van der Waals surface area contributed by atoms with Crippen LogP contribution in [-0.4, -0.2) is 42.2 Å². The maximum absolute atomic E-state index is 10.8. The Balaban J connectivity index is 1.86. The van der Waals surface area contributed by atoms with Gasteiger partial charge in [-0.05, 0) is 11.5 Å². The summed E-state index contributed by atoms with van der Waals surface area (Å²) in [5.74, 6) is 1.82. The van der Waals surface area contributed by atoms with E-state index in [1.165, 1.54) is 6.92 Å². The number of rotatable bonds is 5. The first-order valence-electron chi connectivity index (χ1n) is 5.97. The van der Waals surface area contributed by atoms with Gasteiger partial charge in [0.1, 0.15) is 0 Å². The molecule has 4 nitrogen and oxygen atoms in total. The summed E-state index contributed by atoms with van der Waals surface area (Å²) in [6.45, 7) is 7.21. The number of ether oxygens (including phenoxy) is 2. The molecule has 2 aliphatic rings. The summed E-state index contributed by atoms with van der Waals surface area (Å²) in [6.07, 6.45) is 0. The minimum atomic E-state index is -0.756. The van der Waals surface area contributed by atoms with Gasteiger partial charge in [-0.25, -0.2) is 0 Å². The molecule has 92 valence electrons. The fourth-order valence-corrected chi connectivity index (χ4v) is 4.12. The molecule has 0 saturated carbocycles. The van der Waals surface area contributed by atoms with Gasteiger partial charge < -0.3 is 13.9 Å². The molecule has 0 aromatic carbocycles. The third-order valence-electron chi connectivity index (χ3n) is 3.62. The second-order valence-electron chi connectivity index (χ2n) is 4.95. The summed E-state index contributed by atoms with van der Waals surface area (Å²) < 4.78 is 15.8. The minimum absolute atomic E-state index is 0.132. The van der Waals surface area contributed by atoms with Gasteiger partial charge in [-0.3, -0.25) is 4.79 Å². The molecule has 1 unspecified atom stereocenters. The summed E-state index contributed by atoms with van der Waals surface area (Å²) in [5, 5.41) is 0. The molecule has 2 aliphatic heterocycles. The van der Waals surface area contributed by atoms with Crippen molar-refractivity contribution in [2.45, 2.75) is 19.4 Å². The standard InChI is InChI=1S/C11H20O4Si/c1-7(16-15-8(2)12)11(9-3-13-4-9)10-5-14-6-10/h7,9-11H,3-6,16H2,1-2H3. The van der Waals surface area contributed by atoms with E-state index in [2.05, 4.69) is 6.92 Å². The normalized spacial score (nSPS) is 24.4. The van der Waals surface area contributed by atoms with Gasteiger partial charge in [-0.15, -0.1) is 0 Å². The third-order valence-corrected chi connectivity index (χ3v) is 5.27. The van der Waals surface area contributed by atoms with E-state index in [9.17, 15) is 4.79 Å². The van der Waals surface area contributed by atoms with Crippen molar-refractivity contribution >= 4 is 15.7 Å². The van der Waals surface area contributed by atoms with Crippen LogP contribution in [0.3, 0.4) is 0 Å². The Hall–Kier alpha value is -0.393. The Labute approximate surface area is 98.6 Å². The molecule has 2 saturated heterocycles. The molecule has 16 heavy (non-hydrogen) atoms. The molecule has 2 heterocycles. The van der Waals surface area contributed by atoms with Crippen molar-refractivity contribution in [1.29, 1.82) is 0 Å². The molecule has 1 atom stereocenters. The molecule has 0 aromatic heterocycles. The van der Waals surface area contributed by atoms with Crippen LogP contribution in [0.4, 0.5) is 0 Å². The Bertz CT molecular complexity index is 236. The predicted octanol–water partition coefficient (Wildman–Crippen LogP) is 0.351. The highest BCUT2D eigenvalue weighted by atomic mass is 28.2. The predicted molar refractivity (Wildman–Crippen MR) is 61.8 cm³/mol. The average molecular weight is 244 g/mol. The van der Waals surface area contributed by atoms with Crippen LogP contribution >= 0.6 is 0 Å². The lowest BCUT2D eigenvalue weighted by Crippen LogP contribution is -2.47. The lowest BCUT2D eigenvalue weighted by Gasteiger charge is -2.44. The molecule has 0 spiro atoms. The van der Waals surface area contributed by atoms with Gasteiger partial charge in [0.15, 0.2) is 0 Å². The summed E-state index contributed by atoms with van der Waals surface area (Å²) in [7, 11) is -0.756. The molecule has 0 bridgehead atoms. The zero-order valence-electron chi connectivity index (χ0n) is 9.98. The number of carbonyl (C=O) groups excluding carboxylic acids is 1. The van der Waals surface area contributed by atoms with Gasteiger partial charge in [-0.1, -0.05) is 6.92 Å². The monoisotopic (exact) mass is 244 g/mol. The Kier molecular flexibility index (Phi) is 3.99. The summed E-state index contributed by atoms with van der Waals surface area (Å²) >= 11 is 0. The fourth-order valence-electron chi connectivity index (χ4n) is 2.63. The second kappa shape index (κ2) is 5.29. The SMILES string of the molecule is CC(=O)O[SiH2]C(C)C(C1COC1)C1COC1. The highest BCUT2D eigenvalue weighted by molar-refractivity contribution is 6.32. The van der Waals surface area contributed by atoms with Crippen LogP contribution in [0.25, 0.3) is 0 Å². The average Bonchev–Trinajstić information content (AvgIpc) is 2.07. The molecule has 2 fully saturated rings. The summed E-state index contributed by atoms with van der Waals surface area (Å²) in [5.41, 5.74) is 0.534. The zero-order chi connectivity index (χ0) is 11.5. The molecule has 0 aromatic rings. The van der Waals surface area contributed by atoms with E-state index >= 15 is 0 Å². The zero-order valence-corrected chi connectivity index (χ0v) is 11.4. The first-order chi connectivity index (χ1) is 7.68. The van der Waals surface area contributed by atoms with Crippen LogP contribution in [-0.2, 0) is 18.7 Å². The van der Waals surface area contributed by atoms with E-state index in [0.717, 1.165) is 26.4 Å². The van der Waals surface area contributed by atoms with Gasteiger partial charge in [0.05, 0.1) is 26.4 Å². The Morgan fingerprint density at radius 2 is 1.75 bits per heavy atom. The molecular formula is C11H20O4Si. The largest absolute Gasteiger partial charge is 0.525 e. The highest BCUT2D eigenvalue weighted by Crippen LogP contribution is 2.39. The molecule has 0 aliphatic carbocycles. The van der Waals surface area contributed by atoms with Gasteiger partial charge in [0.2, 0.25) is 9.76 Å². The van der Waals surface area contributed by atoms with E-state index < -0.39 is 9.76 Å². The van der Waals surface area contributed by atoms with E-state index in [1.807, 2.05) is 0 Å². The van der Waals surface area contributed by atoms with Gasteiger partial charge in [-0.2, -0.15) is 0 Å². The van der Waals surface area contributed by atoms with E-state index in [1.54, 1.807) is 0 Å². The molecule has 0 N–H and O–H groups in total. The van der Waals surface area contributed by atoms with Gasteiger partial charge in [0, 0.05) is 18.8 Å². The topological polar surface area (TPSA) is 44.8 Å². The Morgan fingerprint density at radius 1 is 1.25 bits per heavy atom. The number of hydrogen-bond donors (Lipinski definition) is 0. The lowest BCUT2D eigenvalue weighted by atomic mass is 9.77. The molecule has 2 rings (SSSR count). The molecule has 0 amide bonds. The fraction of sp³-hybridized carbons (Fsp3) is 0.909. The van der Waals surface area contributed by atoms with Crippen LogP contribution in [0.5, 0.6) is 0 Å². The number of hydrogen-bond acceptors (Lipinski definition) is 4. The first kappa shape index (κ1) is 12.1. The molecule has 0 radical (unpaired) electrons. The third kappa shape index (κ3) is 2.64. The van der Waals surface area contributed by atoms with Crippen molar-refractivity contribution in [3.8, 4) is 0 Å². The molecular weight excluding hydrogens is 224 g/mol. The van der Waals surface area contributed by atoms with Crippen LogP contribution in [0.15, 0.2) is 0 Å². The second-order valence-corrected chi connectivity index (χ2v) is 6.86. The van der Waals surface area contributed by atoms with Crippen molar-refractivity contribution in [2.24, 2.45) is 17.8 Å². The van der Waals surface area contributed by atoms with Crippen molar-refractivity contribution in [1.82, 2.24) is 0 Å². The lowest BCUT2D eigenvalue weighted by molar-refractivity contribution is -0.134. The molecule has 5 heteroatoms. The van der Waals surface area contributed by atoms with E-state index in [0.29, 0.717) is 23.3 Å². The minimum Gasteiger partial charge on any atom is -0.525 e. The first-order valence-corrected chi connectivity index (χ1v) is 7.36. The smallest absolute Gasteiger partial charge is 0.288 e. The van der Waals surface area contributed by atoms with Crippen LogP contribution in [0.2, 0.25) is 5.54 Å². The summed E-state index contributed by atoms with van der Waals surface area (Å²) in [6, 6.07) is 0. The van der Waals surface area contributed by atoms with Crippen molar-refractivity contribution in [3.63, 3.8) is 0 Å².